The van der Waals surface area contributed by atoms with Crippen molar-refractivity contribution in [2.45, 2.75) is 25.0 Å². The molecule has 0 radical (unpaired) electrons. The van der Waals surface area contributed by atoms with Crippen molar-refractivity contribution in [1.29, 1.82) is 0 Å². The van der Waals surface area contributed by atoms with Crippen LogP contribution in [0.3, 0.4) is 0 Å². The molecule has 0 aromatic rings. The van der Waals surface area contributed by atoms with Crippen molar-refractivity contribution in [3.63, 3.8) is 0 Å². The third kappa shape index (κ3) is 4.72. The second kappa shape index (κ2) is 5.06. The predicted molar refractivity (Wildman–Crippen MR) is 36.0 cm³/mol. The van der Waals surface area contributed by atoms with E-state index in [1.54, 1.807) is 0 Å². The number of rotatable bonds is 5. The first kappa shape index (κ1) is 10.3. The SMILES string of the molecule is O=C(O)C[C@H](O)C(O)CCO. The fourth-order valence-corrected chi connectivity index (χ4v) is 0.640. The van der Waals surface area contributed by atoms with Gasteiger partial charge in [0.2, 0.25) is 0 Å². The first-order valence-corrected chi connectivity index (χ1v) is 3.26. The minimum absolute atomic E-state index is 0.00551. The van der Waals surface area contributed by atoms with Crippen molar-refractivity contribution >= 4 is 5.97 Å². The first-order valence-electron chi connectivity index (χ1n) is 3.26. The molecule has 0 bridgehead atoms. The van der Waals surface area contributed by atoms with Gasteiger partial charge in [0.05, 0.1) is 18.6 Å². The first-order chi connectivity index (χ1) is 5.07. The van der Waals surface area contributed by atoms with E-state index in [0.29, 0.717) is 0 Å². The highest BCUT2D eigenvalue weighted by Gasteiger charge is 2.18. The number of hydrogen-bond donors (Lipinski definition) is 4. The Morgan fingerprint density at radius 3 is 2.18 bits per heavy atom. The van der Waals surface area contributed by atoms with Crippen LogP contribution in [0, 0.1) is 0 Å². The van der Waals surface area contributed by atoms with Crippen molar-refractivity contribution in [2.75, 3.05) is 6.61 Å². The molecule has 2 atom stereocenters. The summed E-state index contributed by atoms with van der Waals surface area (Å²) in [4.78, 5) is 9.98. The van der Waals surface area contributed by atoms with Crippen LogP contribution < -0.4 is 0 Å². The van der Waals surface area contributed by atoms with Crippen LogP contribution in [-0.4, -0.2) is 45.2 Å². The molecule has 5 nitrogen and oxygen atoms in total. The van der Waals surface area contributed by atoms with Crippen LogP contribution in [0.25, 0.3) is 0 Å². The van der Waals surface area contributed by atoms with Crippen molar-refractivity contribution in [3.05, 3.63) is 0 Å². The smallest absolute Gasteiger partial charge is 0.306 e. The van der Waals surface area contributed by atoms with Crippen LogP contribution in [0.2, 0.25) is 0 Å². The standard InChI is InChI=1S/C6H12O5/c7-2-1-4(8)5(9)3-6(10)11/h4-5,7-9H,1-3H2,(H,10,11)/t4?,5-/m0/s1. The number of carboxylic acids is 1. The Bertz CT molecular complexity index is 124. The number of aliphatic carboxylic acids is 1. The molecule has 0 rings (SSSR count). The van der Waals surface area contributed by atoms with E-state index >= 15 is 0 Å². The van der Waals surface area contributed by atoms with Gasteiger partial charge in [-0.1, -0.05) is 0 Å². The molecule has 0 aliphatic carbocycles. The highest BCUT2D eigenvalue weighted by molar-refractivity contribution is 5.67. The van der Waals surface area contributed by atoms with E-state index < -0.39 is 24.6 Å². The lowest BCUT2D eigenvalue weighted by molar-refractivity contribution is -0.141. The Hall–Kier alpha value is -0.650. The lowest BCUT2D eigenvalue weighted by atomic mass is 10.1. The van der Waals surface area contributed by atoms with Gasteiger partial charge in [0, 0.05) is 6.61 Å². The molecule has 0 amide bonds. The maximum absolute atomic E-state index is 9.98. The number of carbonyl (C=O) groups is 1. The van der Waals surface area contributed by atoms with Crippen molar-refractivity contribution in [2.24, 2.45) is 0 Å². The Labute approximate surface area is 63.9 Å². The Kier molecular flexibility index (Phi) is 4.76. The van der Waals surface area contributed by atoms with Gasteiger partial charge in [-0.3, -0.25) is 4.79 Å². The highest BCUT2D eigenvalue weighted by atomic mass is 16.4. The van der Waals surface area contributed by atoms with Crippen LogP contribution in [0.1, 0.15) is 12.8 Å². The van der Waals surface area contributed by atoms with E-state index in [2.05, 4.69) is 0 Å². The zero-order valence-corrected chi connectivity index (χ0v) is 5.97. The molecule has 0 saturated carbocycles. The quantitative estimate of drug-likeness (QED) is 0.399. The van der Waals surface area contributed by atoms with E-state index in [4.69, 9.17) is 20.4 Å². The minimum atomic E-state index is -1.29. The largest absolute Gasteiger partial charge is 0.481 e. The summed E-state index contributed by atoms with van der Waals surface area (Å²) < 4.78 is 0. The Morgan fingerprint density at radius 1 is 1.27 bits per heavy atom. The van der Waals surface area contributed by atoms with Crippen molar-refractivity contribution < 1.29 is 25.2 Å². The molecule has 5 heteroatoms. The van der Waals surface area contributed by atoms with Gasteiger partial charge in [0.1, 0.15) is 0 Å². The van der Waals surface area contributed by atoms with Crippen LogP contribution in [0.15, 0.2) is 0 Å². The fraction of sp³-hybridized carbons (Fsp3) is 0.833. The summed E-state index contributed by atoms with van der Waals surface area (Å²) in [5.74, 6) is -1.17. The summed E-state index contributed by atoms with van der Waals surface area (Å²) in [7, 11) is 0. The maximum Gasteiger partial charge on any atom is 0.306 e. The Morgan fingerprint density at radius 2 is 1.82 bits per heavy atom. The zero-order chi connectivity index (χ0) is 8.85. The van der Waals surface area contributed by atoms with Crippen molar-refractivity contribution in [1.82, 2.24) is 0 Å². The average molecular weight is 164 g/mol. The third-order valence-electron chi connectivity index (χ3n) is 1.25. The van der Waals surface area contributed by atoms with Gasteiger partial charge in [0.25, 0.3) is 0 Å². The van der Waals surface area contributed by atoms with Gasteiger partial charge in [-0.15, -0.1) is 0 Å². The number of hydrogen-bond acceptors (Lipinski definition) is 4. The van der Waals surface area contributed by atoms with Gasteiger partial charge in [-0.2, -0.15) is 0 Å². The second-order valence-corrected chi connectivity index (χ2v) is 2.24. The van der Waals surface area contributed by atoms with E-state index in [1.807, 2.05) is 0 Å². The maximum atomic E-state index is 9.98. The normalized spacial score (nSPS) is 15.9. The fourth-order valence-electron chi connectivity index (χ4n) is 0.640. The average Bonchev–Trinajstić information content (AvgIpc) is 1.86. The molecule has 0 spiro atoms. The van der Waals surface area contributed by atoms with Gasteiger partial charge in [0.15, 0.2) is 0 Å². The van der Waals surface area contributed by atoms with Gasteiger partial charge in [-0.05, 0) is 6.42 Å². The summed E-state index contributed by atoms with van der Waals surface area (Å²) in [6.45, 7) is -0.266. The summed E-state index contributed by atoms with van der Waals surface area (Å²) in [5, 5.41) is 34.2. The Balaban J connectivity index is 3.63. The molecule has 0 aromatic carbocycles. The topological polar surface area (TPSA) is 98.0 Å². The lowest BCUT2D eigenvalue weighted by Crippen LogP contribution is -2.29. The van der Waals surface area contributed by atoms with Crippen LogP contribution in [0.5, 0.6) is 0 Å². The van der Waals surface area contributed by atoms with Gasteiger partial charge in [-0.25, -0.2) is 0 Å². The molecular weight excluding hydrogens is 152 g/mol. The minimum Gasteiger partial charge on any atom is -0.481 e. The van der Waals surface area contributed by atoms with E-state index in [0.717, 1.165) is 0 Å². The van der Waals surface area contributed by atoms with Gasteiger partial charge < -0.3 is 20.4 Å². The predicted octanol–water partition coefficient (Wildman–Crippen LogP) is -1.43. The molecule has 0 fully saturated rings. The molecule has 0 aliphatic heterocycles. The molecular formula is C6H12O5. The van der Waals surface area contributed by atoms with E-state index in [9.17, 15) is 4.79 Å². The van der Waals surface area contributed by atoms with Crippen LogP contribution in [-0.2, 0) is 4.79 Å². The molecule has 0 aliphatic rings. The molecule has 0 aromatic heterocycles. The van der Waals surface area contributed by atoms with Crippen LogP contribution >= 0.6 is 0 Å². The molecule has 0 saturated heterocycles. The molecule has 0 heterocycles. The second-order valence-electron chi connectivity index (χ2n) is 2.24. The van der Waals surface area contributed by atoms with Crippen LogP contribution in [0.4, 0.5) is 0 Å². The third-order valence-corrected chi connectivity index (χ3v) is 1.25. The van der Waals surface area contributed by atoms with E-state index in [-0.39, 0.29) is 13.0 Å². The molecule has 4 N–H and O–H groups in total. The molecule has 1 unspecified atom stereocenters. The monoisotopic (exact) mass is 164 g/mol. The lowest BCUT2D eigenvalue weighted by Gasteiger charge is -2.13. The number of carboxylic acid groups (broad SMARTS) is 1. The molecule has 11 heavy (non-hydrogen) atoms. The number of aliphatic hydroxyl groups excluding tert-OH is 3. The summed E-state index contributed by atoms with van der Waals surface area (Å²) in [5.41, 5.74) is 0. The highest BCUT2D eigenvalue weighted by Crippen LogP contribution is 2.02. The summed E-state index contributed by atoms with van der Waals surface area (Å²) in [6, 6.07) is 0. The van der Waals surface area contributed by atoms with Crippen molar-refractivity contribution in [3.8, 4) is 0 Å². The number of aliphatic hydroxyl groups is 3. The van der Waals surface area contributed by atoms with E-state index in [1.165, 1.54) is 0 Å². The zero-order valence-electron chi connectivity index (χ0n) is 5.97. The molecule has 66 valence electrons. The summed E-state index contributed by atoms with van der Waals surface area (Å²) >= 11 is 0. The van der Waals surface area contributed by atoms with Gasteiger partial charge >= 0.3 is 5.97 Å². The summed E-state index contributed by atoms with van der Waals surface area (Å²) in [6.07, 6.45) is -2.95.